The molecule has 1 heterocycles. The van der Waals surface area contributed by atoms with Gasteiger partial charge in [0.15, 0.2) is 5.92 Å². The Labute approximate surface area is 158 Å². The third-order valence-electron chi connectivity index (χ3n) is 4.10. The molecular weight excluding hydrogens is 361 g/mol. The molecule has 0 spiro atoms. The molecule has 134 valence electrons. The van der Waals surface area contributed by atoms with Gasteiger partial charge in [-0.1, -0.05) is 29.3 Å². The van der Waals surface area contributed by atoms with Crippen molar-refractivity contribution in [2.75, 3.05) is 33.3 Å². The van der Waals surface area contributed by atoms with Gasteiger partial charge in [-0.3, -0.25) is 10.2 Å². The third-order valence-corrected chi connectivity index (χ3v) is 4.84. The van der Waals surface area contributed by atoms with E-state index in [2.05, 4.69) is 15.5 Å². The number of nitrogens with zero attached hydrogens (tertiary/aromatic N) is 3. The van der Waals surface area contributed by atoms with Gasteiger partial charge in [-0.05, 0) is 24.7 Å². The first-order valence-corrected chi connectivity index (χ1v) is 8.80. The van der Waals surface area contributed by atoms with Gasteiger partial charge < -0.3 is 10.1 Å². The molecule has 2 atom stereocenters. The van der Waals surface area contributed by atoms with Crippen molar-refractivity contribution in [1.29, 1.82) is 10.5 Å². The fourth-order valence-electron chi connectivity index (χ4n) is 2.77. The zero-order valence-corrected chi connectivity index (χ0v) is 15.5. The lowest BCUT2D eigenvalue weighted by Crippen LogP contribution is -2.52. The number of halogens is 2. The van der Waals surface area contributed by atoms with Crippen LogP contribution in [0.5, 0.6) is 0 Å². The molecular formula is C17H21Cl2N5O. The van der Waals surface area contributed by atoms with Crippen LogP contribution in [0.25, 0.3) is 0 Å². The summed E-state index contributed by atoms with van der Waals surface area (Å²) in [4.78, 5) is 2.29. The fourth-order valence-corrected chi connectivity index (χ4v) is 3.09. The van der Waals surface area contributed by atoms with Gasteiger partial charge in [0.1, 0.15) is 0 Å². The van der Waals surface area contributed by atoms with Gasteiger partial charge in [0.25, 0.3) is 0 Å². The number of hydrogen-bond acceptors (Lipinski definition) is 6. The van der Waals surface area contributed by atoms with E-state index >= 15 is 0 Å². The number of nitrogens with one attached hydrogen (secondary N) is 2. The molecule has 25 heavy (non-hydrogen) atoms. The number of rotatable bonds is 7. The first kappa shape index (κ1) is 19.9. The average Bonchev–Trinajstić information content (AvgIpc) is 2.62. The molecule has 8 heteroatoms. The summed E-state index contributed by atoms with van der Waals surface area (Å²) >= 11 is 12.0. The van der Waals surface area contributed by atoms with Crippen LogP contribution >= 0.6 is 23.2 Å². The van der Waals surface area contributed by atoms with Crippen molar-refractivity contribution in [3.8, 4) is 12.1 Å². The van der Waals surface area contributed by atoms with Crippen LogP contribution in [0.3, 0.4) is 0 Å². The zero-order valence-electron chi connectivity index (χ0n) is 14.0. The first-order valence-electron chi connectivity index (χ1n) is 8.05. The molecule has 1 saturated heterocycles. The van der Waals surface area contributed by atoms with Gasteiger partial charge in [-0.15, -0.1) is 0 Å². The van der Waals surface area contributed by atoms with Crippen molar-refractivity contribution in [3.05, 3.63) is 33.8 Å². The highest BCUT2D eigenvalue weighted by Crippen LogP contribution is 2.23. The minimum absolute atomic E-state index is 0.00888. The summed E-state index contributed by atoms with van der Waals surface area (Å²) in [6, 6.07) is 9.62. The standard InChI is InChI=1S/C17H21Cl2N5O/c1-22-17(13(7-20)8-21)23-9-14-11-24(4-5-25-14)10-12-2-3-15(18)16(19)6-12/h2-3,6,13-14,17,22-23H,4-5,9-11H2,1H3. The van der Waals surface area contributed by atoms with Crippen LogP contribution in [-0.2, 0) is 11.3 Å². The average molecular weight is 382 g/mol. The second-order valence-corrected chi connectivity index (χ2v) is 6.70. The minimum Gasteiger partial charge on any atom is -0.374 e. The normalized spacial score (nSPS) is 19.4. The maximum absolute atomic E-state index is 9.00. The monoisotopic (exact) mass is 381 g/mol. The summed E-state index contributed by atoms with van der Waals surface area (Å²) < 4.78 is 5.79. The van der Waals surface area contributed by atoms with E-state index in [1.54, 1.807) is 13.1 Å². The first-order chi connectivity index (χ1) is 12.1. The largest absolute Gasteiger partial charge is 0.374 e. The molecule has 0 radical (unpaired) electrons. The summed E-state index contributed by atoms with van der Waals surface area (Å²) in [5, 5.41) is 25.3. The fraction of sp³-hybridized carbons (Fsp3) is 0.529. The summed E-state index contributed by atoms with van der Waals surface area (Å²) in [6.45, 7) is 3.56. The topological polar surface area (TPSA) is 84.1 Å². The summed E-state index contributed by atoms with van der Waals surface area (Å²) in [6.07, 6.45) is -0.394. The molecule has 1 aliphatic heterocycles. The molecule has 2 unspecified atom stereocenters. The highest BCUT2D eigenvalue weighted by Gasteiger charge is 2.24. The lowest BCUT2D eigenvalue weighted by molar-refractivity contribution is -0.0315. The van der Waals surface area contributed by atoms with Crippen LogP contribution < -0.4 is 10.6 Å². The molecule has 2 rings (SSSR count). The van der Waals surface area contributed by atoms with Gasteiger partial charge in [0, 0.05) is 26.2 Å². The van der Waals surface area contributed by atoms with Gasteiger partial charge in [0.05, 0.1) is 41.1 Å². The Morgan fingerprint density at radius 3 is 2.72 bits per heavy atom. The summed E-state index contributed by atoms with van der Waals surface area (Å²) in [5.74, 6) is -0.749. The van der Waals surface area contributed by atoms with Crippen LogP contribution in [0, 0.1) is 28.6 Å². The van der Waals surface area contributed by atoms with Gasteiger partial charge in [-0.25, -0.2) is 0 Å². The van der Waals surface area contributed by atoms with E-state index in [0.29, 0.717) is 23.2 Å². The molecule has 0 saturated carbocycles. The molecule has 1 aromatic rings. The quantitative estimate of drug-likeness (QED) is 0.702. The second kappa shape index (κ2) is 9.94. The van der Waals surface area contributed by atoms with Crippen molar-refractivity contribution >= 4 is 23.2 Å². The van der Waals surface area contributed by atoms with E-state index in [4.69, 9.17) is 38.5 Å². The third kappa shape index (κ3) is 5.83. The highest BCUT2D eigenvalue weighted by atomic mass is 35.5. The Morgan fingerprint density at radius 1 is 1.32 bits per heavy atom. The molecule has 1 fully saturated rings. The van der Waals surface area contributed by atoms with Crippen molar-refractivity contribution in [1.82, 2.24) is 15.5 Å². The van der Waals surface area contributed by atoms with Crippen LogP contribution in [0.4, 0.5) is 0 Å². The molecule has 1 aliphatic rings. The van der Waals surface area contributed by atoms with Crippen LogP contribution in [0.2, 0.25) is 10.0 Å². The lowest BCUT2D eigenvalue weighted by atomic mass is 10.1. The SMILES string of the molecule is CNC(NCC1CN(Cc2ccc(Cl)c(Cl)c2)CCO1)C(C#N)C#N. The molecule has 0 bridgehead atoms. The highest BCUT2D eigenvalue weighted by molar-refractivity contribution is 6.42. The number of benzene rings is 1. The van der Waals surface area contributed by atoms with E-state index in [1.807, 2.05) is 24.3 Å². The molecule has 2 N–H and O–H groups in total. The van der Waals surface area contributed by atoms with Gasteiger partial charge >= 0.3 is 0 Å². The van der Waals surface area contributed by atoms with E-state index in [0.717, 1.165) is 25.2 Å². The van der Waals surface area contributed by atoms with Gasteiger partial charge in [0.2, 0.25) is 0 Å². The van der Waals surface area contributed by atoms with Crippen molar-refractivity contribution < 1.29 is 4.74 Å². The zero-order chi connectivity index (χ0) is 18.2. The van der Waals surface area contributed by atoms with Crippen LogP contribution in [0.15, 0.2) is 18.2 Å². The Hall–Kier alpha value is -1.38. The Bertz CT molecular complexity index is 643. The predicted molar refractivity (Wildman–Crippen MR) is 97.0 cm³/mol. The van der Waals surface area contributed by atoms with Crippen molar-refractivity contribution in [2.24, 2.45) is 5.92 Å². The Morgan fingerprint density at radius 2 is 2.08 bits per heavy atom. The molecule has 0 amide bonds. The molecule has 0 aromatic heterocycles. The number of morpholine rings is 1. The number of ether oxygens (including phenoxy) is 1. The van der Waals surface area contributed by atoms with E-state index in [9.17, 15) is 0 Å². The smallest absolute Gasteiger partial charge is 0.161 e. The predicted octanol–water partition coefficient (Wildman–Crippen LogP) is 1.99. The maximum Gasteiger partial charge on any atom is 0.161 e. The van der Waals surface area contributed by atoms with E-state index < -0.39 is 5.92 Å². The van der Waals surface area contributed by atoms with Gasteiger partial charge in [-0.2, -0.15) is 10.5 Å². The Balaban J connectivity index is 1.87. The minimum atomic E-state index is -0.749. The van der Waals surface area contributed by atoms with E-state index in [-0.39, 0.29) is 12.3 Å². The number of hydrogen-bond donors (Lipinski definition) is 2. The van der Waals surface area contributed by atoms with Crippen molar-refractivity contribution in [3.63, 3.8) is 0 Å². The Kier molecular flexibility index (Phi) is 7.92. The summed E-state index contributed by atoms with van der Waals surface area (Å²) in [5.41, 5.74) is 1.10. The molecule has 1 aromatic carbocycles. The van der Waals surface area contributed by atoms with Crippen LogP contribution in [0.1, 0.15) is 5.56 Å². The van der Waals surface area contributed by atoms with Crippen LogP contribution in [-0.4, -0.2) is 50.5 Å². The number of nitriles is 2. The second-order valence-electron chi connectivity index (χ2n) is 5.89. The maximum atomic E-state index is 9.00. The van der Waals surface area contributed by atoms with Crippen molar-refractivity contribution in [2.45, 2.75) is 18.8 Å². The summed E-state index contributed by atoms with van der Waals surface area (Å²) in [7, 11) is 1.72. The van der Waals surface area contributed by atoms with E-state index in [1.165, 1.54) is 0 Å². The molecule has 0 aliphatic carbocycles. The lowest BCUT2D eigenvalue weighted by Gasteiger charge is -2.34. The molecule has 6 nitrogen and oxygen atoms in total.